The summed E-state index contributed by atoms with van der Waals surface area (Å²) < 4.78 is 1.65. The average molecular weight is 245 g/mol. The second-order valence-corrected chi connectivity index (χ2v) is 5.15. The number of aryl methyl sites for hydroxylation is 3. The molecule has 0 radical (unpaired) electrons. The quantitative estimate of drug-likeness (QED) is 0.898. The highest BCUT2D eigenvalue weighted by atomic mass is 16.3. The Labute approximate surface area is 107 Å². The first-order valence-corrected chi connectivity index (χ1v) is 6.04. The highest BCUT2D eigenvalue weighted by molar-refractivity contribution is 5.35. The van der Waals surface area contributed by atoms with Gasteiger partial charge < -0.3 is 5.11 Å². The Bertz CT molecular complexity index is 558. The highest BCUT2D eigenvalue weighted by Crippen LogP contribution is 2.28. The standard InChI is InChI=1S/C14H19N3O/c1-10-5-6-11(2)13(7-10)14(3,18)8-12-9-17(4)16-15-12/h5-7,9,18H,8H2,1-4H3. The zero-order chi connectivity index (χ0) is 13.3. The lowest BCUT2D eigenvalue weighted by Gasteiger charge is -2.25. The largest absolute Gasteiger partial charge is 0.385 e. The first kappa shape index (κ1) is 12.8. The van der Waals surface area contributed by atoms with Crippen molar-refractivity contribution in [1.29, 1.82) is 0 Å². The fourth-order valence-electron chi connectivity index (χ4n) is 2.24. The van der Waals surface area contributed by atoms with Crippen LogP contribution >= 0.6 is 0 Å². The maximum atomic E-state index is 10.7. The minimum atomic E-state index is -0.924. The first-order valence-electron chi connectivity index (χ1n) is 6.04. The molecule has 2 rings (SSSR count). The zero-order valence-corrected chi connectivity index (χ0v) is 11.3. The van der Waals surface area contributed by atoms with E-state index in [-0.39, 0.29) is 0 Å². The molecule has 1 unspecified atom stereocenters. The summed E-state index contributed by atoms with van der Waals surface area (Å²) in [5.74, 6) is 0. The minimum Gasteiger partial charge on any atom is -0.385 e. The van der Waals surface area contributed by atoms with Crippen molar-refractivity contribution in [2.45, 2.75) is 32.8 Å². The van der Waals surface area contributed by atoms with Gasteiger partial charge in [-0.15, -0.1) is 5.10 Å². The van der Waals surface area contributed by atoms with Crippen LogP contribution in [0.3, 0.4) is 0 Å². The monoisotopic (exact) mass is 245 g/mol. The molecule has 1 aromatic carbocycles. The molecular weight excluding hydrogens is 226 g/mol. The van der Waals surface area contributed by atoms with E-state index < -0.39 is 5.60 Å². The second kappa shape index (κ2) is 4.53. The number of nitrogens with zero attached hydrogens (tertiary/aromatic N) is 3. The van der Waals surface area contributed by atoms with Crippen molar-refractivity contribution in [2.24, 2.45) is 7.05 Å². The molecular formula is C14H19N3O. The molecule has 4 heteroatoms. The highest BCUT2D eigenvalue weighted by Gasteiger charge is 2.26. The molecule has 0 fully saturated rings. The number of benzene rings is 1. The van der Waals surface area contributed by atoms with Crippen LogP contribution in [-0.4, -0.2) is 20.1 Å². The van der Waals surface area contributed by atoms with Crippen molar-refractivity contribution in [3.63, 3.8) is 0 Å². The maximum absolute atomic E-state index is 10.7. The van der Waals surface area contributed by atoms with E-state index in [1.54, 1.807) is 4.68 Å². The maximum Gasteiger partial charge on any atom is 0.0927 e. The van der Waals surface area contributed by atoms with Crippen LogP contribution in [0, 0.1) is 13.8 Å². The summed E-state index contributed by atoms with van der Waals surface area (Å²) in [5.41, 5.74) is 3.06. The Morgan fingerprint density at radius 1 is 1.33 bits per heavy atom. The van der Waals surface area contributed by atoms with E-state index >= 15 is 0 Å². The van der Waals surface area contributed by atoms with Gasteiger partial charge >= 0.3 is 0 Å². The summed E-state index contributed by atoms with van der Waals surface area (Å²) in [5, 5.41) is 18.6. The van der Waals surface area contributed by atoms with E-state index in [1.807, 2.05) is 46.1 Å². The van der Waals surface area contributed by atoms with Crippen molar-refractivity contribution in [3.8, 4) is 0 Å². The molecule has 1 N–H and O–H groups in total. The molecule has 0 aliphatic rings. The summed E-state index contributed by atoms with van der Waals surface area (Å²) in [6.45, 7) is 5.87. The second-order valence-electron chi connectivity index (χ2n) is 5.15. The molecule has 1 heterocycles. The summed E-state index contributed by atoms with van der Waals surface area (Å²) in [4.78, 5) is 0. The predicted molar refractivity (Wildman–Crippen MR) is 70.2 cm³/mol. The van der Waals surface area contributed by atoms with E-state index in [2.05, 4.69) is 16.4 Å². The summed E-state index contributed by atoms with van der Waals surface area (Å²) >= 11 is 0. The summed E-state index contributed by atoms with van der Waals surface area (Å²) in [6.07, 6.45) is 2.30. The zero-order valence-electron chi connectivity index (χ0n) is 11.3. The Balaban J connectivity index is 2.32. The molecule has 1 atom stereocenters. The van der Waals surface area contributed by atoms with Crippen LogP contribution in [0.4, 0.5) is 0 Å². The topological polar surface area (TPSA) is 50.9 Å². The Hall–Kier alpha value is -1.68. The van der Waals surface area contributed by atoms with Crippen molar-refractivity contribution < 1.29 is 5.11 Å². The fourth-order valence-corrected chi connectivity index (χ4v) is 2.24. The van der Waals surface area contributed by atoms with Gasteiger partial charge in [-0.2, -0.15) is 0 Å². The number of hydrogen-bond acceptors (Lipinski definition) is 3. The van der Waals surface area contributed by atoms with Gasteiger partial charge in [0.1, 0.15) is 0 Å². The fraction of sp³-hybridized carbons (Fsp3) is 0.429. The van der Waals surface area contributed by atoms with Gasteiger partial charge in [0.25, 0.3) is 0 Å². The van der Waals surface area contributed by atoms with Crippen LogP contribution in [0.1, 0.15) is 29.3 Å². The van der Waals surface area contributed by atoms with Crippen LogP contribution in [0.5, 0.6) is 0 Å². The molecule has 0 bridgehead atoms. The van der Waals surface area contributed by atoms with Crippen molar-refractivity contribution in [1.82, 2.24) is 15.0 Å². The Morgan fingerprint density at radius 3 is 2.67 bits per heavy atom. The van der Waals surface area contributed by atoms with Crippen LogP contribution in [0.2, 0.25) is 0 Å². The number of aliphatic hydroxyl groups is 1. The third-order valence-electron chi connectivity index (χ3n) is 3.15. The molecule has 0 spiro atoms. The van der Waals surface area contributed by atoms with Gasteiger partial charge in [0.15, 0.2) is 0 Å². The van der Waals surface area contributed by atoms with Crippen molar-refractivity contribution >= 4 is 0 Å². The van der Waals surface area contributed by atoms with Gasteiger partial charge in [-0.3, -0.25) is 4.68 Å². The molecule has 18 heavy (non-hydrogen) atoms. The van der Waals surface area contributed by atoms with E-state index in [9.17, 15) is 5.11 Å². The molecule has 0 saturated carbocycles. The SMILES string of the molecule is Cc1ccc(C)c(C(C)(O)Cc2cn(C)nn2)c1. The van der Waals surface area contributed by atoms with Crippen molar-refractivity contribution in [2.75, 3.05) is 0 Å². The van der Waals surface area contributed by atoms with Gasteiger partial charge in [0.2, 0.25) is 0 Å². The van der Waals surface area contributed by atoms with E-state index in [0.717, 1.165) is 22.4 Å². The van der Waals surface area contributed by atoms with E-state index in [0.29, 0.717) is 6.42 Å². The number of rotatable bonds is 3. The smallest absolute Gasteiger partial charge is 0.0927 e. The van der Waals surface area contributed by atoms with Crippen LogP contribution < -0.4 is 0 Å². The Kier molecular flexibility index (Phi) is 3.22. The molecule has 1 aromatic heterocycles. The molecule has 0 aliphatic heterocycles. The van der Waals surface area contributed by atoms with Crippen molar-refractivity contribution in [3.05, 3.63) is 46.8 Å². The van der Waals surface area contributed by atoms with Gasteiger partial charge in [0, 0.05) is 19.7 Å². The minimum absolute atomic E-state index is 0.463. The molecule has 0 amide bonds. The molecule has 96 valence electrons. The first-order chi connectivity index (χ1) is 8.38. The van der Waals surface area contributed by atoms with Crippen LogP contribution in [0.15, 0.2) is 24.4 Å². The molecule has 0 aliphatic carbocycles. The summed E-state index contributed by atoms with van der Waals surface area (Å²) in [7, 11) is 1.82. The van der Waals surface area contributed by atoms with E-state index in [4.69, 9.17) is 0 Å². The van der Waals surface area contributed by atoms with Gasteiger partial charge in [-0.1, -0.05) is 29.0 Å². The Morgan fingerprint density at radius 2 is 2.06 bits per heavy atom. The molecule has 0 saturated heterocycles. The predicted octanol–water partition coefficient (Wildman–Crippen LogP) is 1.88. The number of hydrogen-bond donors (Lipinski definition) is 1. The van der Waals surface area contributed by atoms with Gasteiger partial charge in [-0.05, 0) is 31.9 Å². The van der Waals surface area contributed by atoms with E-state index in [1.165, 1.54) is 0 Å². The average Bonchev–Trinajstić information content (AvgIpc) is 2.66. The van der Waals surface area contributed by atoms with Crippen LogP contribution in [0.25, 0.3) is 0 Å². The lowest BCUT2D eigenvalue weighted by molar-refractivity contribution is 0.0558. The van der Waals surface area contributed by atoms with Crippen LogP contribution in [-0.2, 0) is 19.1 Å². The van der Waals surface area contributed by atoms with Gasteiger partial charge in [-0.25, -0.2) is 0 Å². The third kappa shape index (κ3) is 2.59. The lowest BCUT2D eigenvalue weighted by atomic mass is 9.87. The van der Waals surface area contributed by atoms with Gasteiger partial charge in [0.05, 0.1) is 11.3 Å². The summed E-state index contributed by atoms with van der Waals surface area (Å²) in [6, 6.07) is 6.12. The third-order valence-corrected chi connectivity index (χ3v) is 3.15. The lowest BCUT2D eigenvalue weighted by Crippen LogP contribution is -2.25. The molecule has 2 aromatic rings. The number of aromatic nitrogens is 3. The molecule has 4 nitrogen and oxygen atoms in total. The normalized spacial score (nSPS) is 14.5.